The van der Waals surface area contributed by atoms with Crippen LogP contribution in [0.5, 0.6) is 0 Å². The predicted molar refractivity (Wildman–Crippen MR) is 73.3 cm³/mol. The topological polar surface area (TPSA) is 40.5 Å². The van der Waals surface area contributed by atoms with Gasteiger partial charge < -0.3 is 10.2 Å². The minimum absolute atomic E-state index is 0.158. The fraction of sp³-hybridized carbons (Fsp3) is 1.00. The molecule has 17 heavy (non-hydrogen) atoms. The van der Waals surface area contributed by atoms with Gasteiger partial charge in [-0.1, -0.05) is 19.8 Å². The van der Waals surface area contributed by atoms with Crippen molar-refractivity contribution in [3.05, 3.63) is 0 Å². The van der Waals surface area contributed by atoms with Crippen LogP contribution in [0.15, 0.2) is 0 Å². The van der Waals surface area contributed by atoms with Gasteiger partial charge >= 0.3 is 0 Å². The summed E-state index contributed by atoms with van der Waals surface area (Å²) in [6, 6.07) is 0. The van der Waals surface area contributed by atoms with Crippen LogP contribution in [0, 0.1) is 11.3 Å². The minimum Gasteiger partial charge on any atom is -0.396 e. The minimum atomic E-state index is -0.611. The molecule has 1 saturated heterocycles. The summed E-state index contributed by atoms with van der Waals surface area (Å²) in [6.07, 6.45) is 7.38. The van der Waals surface area contributed by atoms with Crippen molar-refractivity contribution >= 4 is 11.8 Å². The molecular formula is C14H26O2S. The number of aliphatic hydroxyl groups is 2. The van der Waals surface area contributed by atoms with Crippen LogP contribution in [-0.4, -0.2) is 33.9 Å². The Labute approximate surface area is 109 Å². The Kier molecular flexibility index (Phi) is 4.43. The first-order valence-electron chi connectivity index (χ1n) is 7.03. The largest absolute Gasteiger partial charge is 0.396 e. The average Bonchev–Trinajstić information content (AvgIpc) is 2.53. The predicted octanol–water partition coefficient (Wildman–Crippen LogP) is 2.82. The van der Waals surface area contributed by atoms with Gasteiger partial charge in [-0.2, -0.15) is 11.8 Å². The van der Waals surface area contributed by atoms with E-state index >= 15 is 0 Å². The van der Waals surface area contributed by atoms with Crippen molar-refractivity contribution in [1.29, 1.82) is 0 Å². The second-order valence-corrected chi connectivity index (χ2v) is 7.27. The molecule has 1 heterocycles. The SMILES string of the molecule is CC1CCCC(O)(C2(CO)CCCSC2)CC1. The van der Waals surface area contributed by atoms with E-state index in [-0.39, 0.29) is 12.0 Å². The molecule has 3 unspecified atom stereocenters. The summed E-state index contributed by atoms with van der Waals surface area (Å²) in [7, 11) is 0. The molecule has 1 saturated carbocycles. The van der Waals surface area contributed by atoms with Gasteiger partial charge in [0.15, 0.2) is 0 Å². The fourth-order valence-electron chi connectivity index (χ4n) is 3.52. The molecule has 3 atom stereocenters. The summed E-state index contributed by atoms with van der Waals surface area (Å²) in [6.45, 7) is 2.44. The fourth-order valence-corrected chi connectivity index (χ4v) is 4.91. The van der Waals surface area contributed by atoms with E-state index in [2.05, 4.69) is 6.92 Å². The Morgan fingerprint density at radius 2 is 2.00 bits per heavy atom. The van der Waals surface area contributed by atoms with Gasteiger partial charge in [-0.05, 0) is 43.8 Å². The maximum atomic E-state index is 11.1. The average molecular weight is 258 g/mol. The summed E-state index contributed by atoms with van der Waals surface area (Å²) in [5.41, 5.74) is -0.833. The van der Waals surface area contributed by atoms with Gasteiger partial charge in [0.25, 0.3) is 0 Å². The zero-order chi connectivity index (χ0) is 12.4. The Morgan fingerprint density at radius 3 is 2.65 bits per heavy atom. The number of hydrogen-bond donors (Lipinski definition) is 2. The van der Waals surface area contributed by atoms with Gasteiger partial charge in [0.1, 0.15) is 0 Å². The van der Waals surface area contributed by atoms with Crippen molar-refractivity contribution in [3.8, 4) is 0 Å². The van der Waals surface area contributed by atoms with E-state index in [0.717, 1.165) is 50.2 Å². The van der Waals surface area contributed by atoms with Crippen LogP contribution in [0.3, 0.4) is 0 Å². The monoisotopic (exact) mass is 258 g/mol. The number of hydrogen-bond acceptors (Lipinski definition) is 3. The highest BCUT2D eigenvalue weighted by Crippen LogP contribution is 2.49. The number of aliphatic hydroxyl groups excluding tert-OH is 1. The van der Waals surface area contributed by atoms with Crippen LogP contribution >= 0.6 is 11.8 Å². The molecule has 2 N–H and O–H groups in total. The molecule has 2 rings (SSSR count). The maximum absolute atomic E-state index is 11.1. The van der Waals surface area contributed by atoms with Gasteiger partial charge in [-0.25, -0.2) is 0 Å². The first-order valence-corrected chi connectivity index (χ1v) is 8.18. The van der Waals surface area contributed by atoms with Crippen LogP contribution in [0.2, 0.25) is 0 Å². The van der Waals surface area contributed by atoms with Crippen molar-refractivity contribution in [2.45, 2.75) is 57.5 Å². The lowest BCUT2D eigenvalue weighted by molar-refractivity contribution is -0.113. The Balaban J connectivity index is 2.15. The molecule has 0 aromatic rings. The quantitative estimate of drug-likeness (QED) is 0.748. The lowest BCUT2D eigenvalue weighted by atomic mass is 9.67. The molecule has 0 spiro atoms. The van der Waals surface area contributed by atoms with Crippen molar-refractivity contribution in [2.75, 3.05) is 18.1 Å². The Morgan fingerprint density at radius 1 is 1.18 bits per heavy atom. The molecule has 1 aliphatic carbocycles. The summed E-state index contributed by atoms with van der Waals surface area (Å²) in [5, 5.41) is 20.9. The highest BCUT2D eigenvalue weighted by molar-refractivity contribution is 7.99. The molecular weight excluding hydrogens is 232 g/mol. The zero-order valence-electron chi connectivity index (χ0n) is 11.0. The van der Waals surface area contributed by atoms with Crippen molar-refractivity contribution < 1.29 is 10.2 Å². The first kappa shape index (κ1) is 13.7. The highest BCUT2D eigenvalue weighted by atomic mass is 32.2. The molecule has 0 aromatic carbocycles. The van der Waals surface area contributed by atoms with Crippen LogP contribution in [0.25, 0.3) is 0 Å². The van der Waals surface area contributed by atoms with Gasteiger partial charge in [-0.15, -0.1) is 0 Å². The van der Waals surface area contributed by atoms with Crippen LogP contribution in [0.1, 0.15) is 51.9 Å². The van der Waals surface area contributed by atoms with Crippen LogP contribution in [0.4, 0.5) is 0 Å². The standard InChI is InChI=1S/C14H26O2S/c1-12-4-2-7-14(16,8-5-12)13(10-15)6-3-9-17-11-13/h12,15-16H,2-11H2,1H3. The molecule has 0 radical (unpaired) electrons. The number of rotatable bonds is 2. The molecule has 2 fully saturated rings. The van der Waals surface area contributed by atoms with E-state index in [1.807, 2.05) is 11.8 Å². The summed E-state index contributed by atoms with van der Waals surface area (Å²) < 4.78 is 0. The van der Waals surface area contributed by atoms with E-state index in [1.54, 1.807) is 0 Å². The van der Waals surface area contributed by atoms with Gasteiger partial charge in [0.2, 0.25) is 0 Å². The normalized spacial score (nSPS) is 44.3. The van der Waals surface area contributed by atoms with E-state index in [1.165, 1.54) is 12.2 Å². The van der Waals surface area contributed by atoms with Gasteiger partial charge in [0, 0.05) is 11.2 Å². The lowest BCUT2D eigenvalue weighted by Crippen LogP contribution is -2.53. The first-order chi connectivity index (χ1) is 8.12. The van der Waals surface area contributed by atoms with Crippen LogP contribution in [-0.2, 0) is 0 Å². The van der Waals surface area contributed by atoms with E-state index in [0.29, 0.717) is 0 Å². The van der Waals surface area contributed by atoms with Crippen LogP contribution < -0.4 is 0 Å². The third kappa shape index (κ3) is 2.66. The third-order valence-corrected chi connectivity index (χ3v) is 6.28. The van der Waals surface area contributed by atoms with Crippen molar-refractivity contribution in [3.63, 3.8) is 0 Å². The lowest BCUT2D eigenvalue weighted by Gasteiger charge is -2.48. The Bertz CT molecular complexity index is 251. The summed E-state index contributed by atoms with van der Waals surface area (Å²) >= 11 is 1.91. The van der Waals surface area contributed by atoms with Crippen molar-refractivity contribution in [1.82, 2.24) is 0 Å². The Hall–Kier alpha value is 0.270. The molecule has 0 amide bonds. The smallest absolute Gasteiger partial charge is 0.0733 e. The molecule has 0 bridgehead atoms. The highest BCUT2D eigenvalue weighted by Gasteiger charge is 2.50. The summed E-state index contributed by atoms with van der Waals surface area (Å²) in [4.78, 5) is 0. The summed E-state index contributed by atoms with van der Waals surface area (Å²) in [5.74, 6) is 2.86. The van der Waals surface area contributed by atoms with E-state index in [4.69, 9.17) is 0 Å². The van der Waals surface area contributed by atoms with Gasteiger partial charge in [0.05, 0.1) is 12.2 Å². The molecule has 3 heteroatoms. The molecule has 2 aliphatic rings. The number of thioether (sulfide) groups is 1. The maximum Gasteiger partial charge on any atom is 0.0733 e. The second-order valence-electron chi connectivity index (χ2n) is 6.16. The van der Waals surface area contributed by atoms with Gasteiger partial charge in [-0.3, -0.25) is 0 Å². The van der Waals surface area contributed by atoms with E-state index in [9.17, 15) is 10.2 Å². The zero-order valence-corrected chi connectivity index (χ0v) is 11.8. The molecule has 1 aliphatic heterocycles. The molecule has 0 aromatic heterocycles. The molecule has 100 valence electrons. The van der Waals surface area contributed by atoms with Crippen molar-refractivity contribution in [2.24, 2.45) is 11.3 Å². The van der Waals surface area contributed by atoms with E-state index < -0.39 is 5.60 Å². The third-order valence-electron chi connectivity index (χ3n) is 4.95. The molecule has 2 nitrogen and oxygen atoms in total. The second kappa shape index (κ2) is 5.50.